The van der Waals surface area contributed by atoms with Crippen LogP contribution in [0.5, 0.6) is 0 Å². The van der Waals surface area contributed by atoms with Gasteiger partial charge in [-0.05, 0) is 18.2 Å². The van der Waals surface area contributed by atoms with Crippen LogP contribution in [0.1, 0.15) is 11.1 Å². The van der Waals surface area contributed by atoms with Gasteiger partial charge in [0.2, 0.25) is 0 Å². The van der Waals surface area contributed by atoms with Gasteiger partial charge < -0.3 is 0 Å². The average molecular weight is 354 g/mol. The van der Waals surface area contributed by atoms with Crippen LogP contribution in [0, 0.1) is 5.82 Å². The van der Waals surface area contributed by atoms with E-state index < -0.39 is 0 Å². The summed E-state index contributed by atoms with van der Waals surface area (Å²) in [7, 11) is 0. The topological polar surface area (TPSA) is 12.4 Å². The molecule has 0 radical (unpaired) electrons. The van der Waals surface area contributed by atoms with Crippen molar-refractivity contribution >= 4 is 27.3 Å². The lowest BCUT2D eigenvalue weighted by atomic mass is 10.0. The third kappa shape index (κ3) is 3.31. The summed E-state index contributed by atoms with van der Waals surface area (Å²) >= 11 is 3.26. The van der Waals surface area contributed by atoms with Crippen LogP contribution < -0.4 is 0 Å². The molecule has 3 aromatic carbocycles. The molecular formula is C19H13BrFN. The SMILES string of the molecule is Fc1cc(Br)ccc1N=C(c1ccccc1)c1ccccc1. The second-order valence-corrected chi connectivity index (χ2v) is 5.70. The third-order valence-corrected chi connectivity index (χ3v) is 3.73. The van der Waals surface area contributed by atoms with E-state index in [1.807, 2.05) is 60.7 Å². The molecule has 22 heavy (non-hydrogen) atoms. The quantitative estimate of drug-likeness (QED) is 0.531. The molecule has 0 saturated heterocycles. The number of hydrogen-bond donors (Lipinski definition) is 0. The molecule has 0 aliphatic carbocycles. The molecule has 0 heterocycles. The second-order valence-electron chi connectivity index (χ2n) is 4.79. The average Bonchev–Trinajstić information content (AvgIpc) is 2.56. The minimum absolute atomic E-state index is 0.325. The molecule has 108 valence electrons. The van der Waals surface area contributed by atoms with Gasteiger partial charge in [-0.15, -0.1) is 0 Å². The number of nitrogens with zero attached hydrogens (tertiary/aromatic N) is 1. The Morgan fingerprint density at radius 2 is 1.32 bits per heavy atom. The summed E-state index contributed by atoms with van der Waals surface area (Å²) in [4.78, 5) is 4.56. The molecule has 0 aromatic heterocycles. The number of halogens is 2. The molecule has 0 spiro atoms. The van der Waals surface area contributed by atoms with Crippen LogP contribution in [0.3, 0.4) is 0 Å². The minimum Gasteiger partial charge on any atom is -0.245 e. The highest BCUT2D eigenvalue weighted by Crippen LogP contribution is 2.24. The Morgan fingerprint density at radius 1 is 0.773 bits per heavy atom. The van der Waals surface area contributed by atoms with Crippen molar-refractivity contribution in [1.82, 2.24) is 0 Å². The van der Waals surface area contributed by atoms with E-state index in [0.29, 0.717) is 10.2 Å². The molecule has 0 N–H and O–H groups in total. The molecule has 0 aliphatic rings. The van der Waals surface area contributed by atoms with E-state index in [9.17, 15) is 4.39 Å². The molecule has 3 rings (SSSR count). The van der Waals surface area contributed by atoms with Crippen molar-refractivity contribution in [2.45, 2.75) is 0 Å². The molecule has 0 fully saturated rings. The Hall–Kier alpha value is -2.26. The summed E-state index contributed by atoms with van der Waals surface area (Å²) in [6.07, 6.45) is 0. The smallest absolute Gasteiger partial charge is 0.149 e. The van der Waals surface area contributed by atoms with Crippen LogP contribution in [0.2, 0.25) is 0 Å². The van der Waals surface area contributed by atoms with E-state index in [0.717, 1.165) is 16.8 Å². The molecule has 0 atom stereocenters. The van der Waals surface area contributed by atoms with Crippen LogP contribution >= 0.6 is 15.9 Å². The van der Waals surface area contributed by atoms with Crippen molar-refractivity contribution in [3.8, 4) is 0 Å². The van der Waals surface area contributed by atoms with Gasteiger partial charge in [0, 0.05) is 15.6 Å². The molecule has 3 aromatic rings. The van der Waals surface area contributed by atoms with Crippen LogP contribution in [-0.4, -0.2) is 5.71 Å². The maximum Gasteiger partial charge on any atom is 0.149 e. The highest BCUT2D eigenvalue weighted by Gasteiger charge is 2.09. The predicted molar refractivity (Wildman–Crippen MR) is 92.3 cm³/mol. The van der Waals surface area contributed by atoms with Gasteiger partial charge >= 0.3 is 0 Å². The molecule has 3 heteroatoms. The van der Waals surface area contributed by atoms with Crippen molar-refractivity contribution in [3.05, 3.63) is 100 Å². The summed E-state index contributed by atoms with van der Waals surface area (Å²) in [5.41, 5.74) is 2.99. The zero-order valence-electron chi connectivity index (χ0n) is 11.7. The first-order valence-electron chi connectivity index (χ1n) is 6.88. The summed E-state index contributed by atoms with van der Waals surface area (Å²) in [6.45, 7) is 0. The third-order valence-electron chi connectivity index (χ3n) is 3.24. The van der Waals surface area contributed by atoms with Crippen molar-refractivity contribution in [2.75, 3.05) is 0 Å². The maximum absolute atomic E-state index is 14.1. The number of hydrogen-bond acceptors (Lipinski definition) is 1. The van der Waals surface area contributed by atoms with E-state index in [4.69, 9.17) is 0 Å². The summed E-state index contributed by atoms with van der Waals surface area (Å²) in [5, 5.41) is 0. The van der Waals surface area contributed by atoms with Crippen molar-refractivity contribution < 1.29 is 4.39 Å². The monoisotopic (exact) mass is 353 g/mol. The van der Waals surface area contributed by atoms with E-state index >= 15 is 0 Å². The van der Waals surface area contributed by atoms with Gasteiger partial charge in [-0.2, -0.15) is 0 Å². The summed E-state index contributed by atoms with van der Waals surface area (Å²) < 4.78 is 14.8. The molecule has 0 aliphatic heterocycles. The van der Waals surface area contributed by atoms with Gasteiger partial charge in [0.1, 0.15) is 5.82 Å². The lowest BCUT2D eigenvalue weighted by Crippen LogP contribution is -2.02. The summed E-state index contributed by atoms with van der Waals surface area (Å²) in [5.74, 6) is -0.348. The first-order valence-corrected chi connectivity index (χ1v) is 7.68. The lowest BCUT2D eigenvalue weighted by molar-refractivity contribution is 0.629. The first-order chi connectivity index (χ1) is 10.7. The van der Waals surface area contributed by atoms with E-state index in [1.165, 1.54) is 6.07 Å². The van der Waals surface area contributed by atoms with Gasteiger partial charge in [0.15, 0.2) is 0 Å². The zero-order chi connectivity index (χ0) is 15.4. The van der Waals surface area contributed by atoms with Crippen LogP contribution in [-0.2, 0) is 0 Å². The molecule has 0 amide bonds. The molecule has 0 unspecified atom stereocenters. The number of benzene rings is 3. The largest absolute Gasteiger partial charge is 0.245 e. The number of aliphatic imine (C=N–C) groups is 1. The predicted octanol–water partition coefficient (Wildman–Crippen LogP) is 5.76. The number of rotatable bonds is 3. The molecular weight excluding hydrogens is 341 g/mol. The van der Waals surface area contributed by atoms with Crippen LogP contribution in [0.15, 0.2) is 88.3 Å². The Morgan fingerprint density at radius 3 is 1.82 bits per heavy atom. The highest BCUT2D eigenvalue weighted by molar-refractivity contribution is 9.10. The van der Waals surface area contributed by atoms with Crippen LogP contribution in [0.25, 0.3) is 0 Å². The Balaban J connectivity index is 2.15. The van der Waals surface area contributed by atoms with E-state index in [2.05, 4.69) is 20.9 Å². The second kappa shape index (κ2) is 6.67. The summed E-state index contributed by atoms with van der Waals surface area (Å²) in [6, 6.07) is 24.5. The van der Waals surface area contributed by atoms with Crippen LogP contribution in [0.4, 0.5) is 10.1 Å². The highest BCUT2D eigenvalue weighted by atomic mass is 79.9. The zero-order valence-corrected chi connectivity index (χ0v) is 13.3. The standard InChI is InChI=1S/C19H13BrFN/c20-16-11-12-18(17(21)13-16)22-19(14-7-3-1-4-8-14)15-9-5-2-6-10-15/h1-13H. The fourth-order valence-electron chi connectivity index (χ4n) is 2.18. The molecule has 0 saturated carbocycles. The van der Waals surface area contributed by atoms with E-state index in [-0.39, 0.29) is 5.82 Å². The maximum atomic E-state index is 14.1. The normalized spacial score (nSPS) is 10.3. The fraction of sp³-hybridized carbons (Fsp3) is 0. The van der Waals surface area contributed by atoms with Crippen molar-refractivity contribution in [2.24, 2.45) is 4.99 Å². The van der Waals surface area contributed by atoms with E-state index in [1.54, 1.807) is 12.1 Å². The minimum atomic E-state index is -0.348. The van der Waals surface area contributed by atoms with Gasteiger partial charge in [0.05, 0.1) is 11.4 Å². The molecule has 1 nitrogen and oxygen atoms in total. The molecule has 0 bridgehead atoms. The van der Waals surface area contributed by atoms with Gasteiger partial charge in [-0.3, -0.25) is 0 Å². The first kappa shape index (κ1) is 14.7. The fourth-order valence-corrected chi connectivity index (χ4v) is 2.51. The van der Waals surface area contributed by atoms with Gasteiger partial charge in [-0.25, -0.2) is 9.38 Å². The lowest BCUT2D eigenvalue weighted by Gasteiger charge is -2.08. The van der Waals surface area contributed by atoms with Gasteiger partial charge in [-0.1, -0.05) is 76.6 Å². The Labute approximate surface area is 137 Å². The van der Waals surface area contributed by atoms with Crippen molar-refractivity contribution in [3.63, 3.8) is 0 Å². The Bertz CT molecular complexity index is 757. The van der Waals surface area contributed by atoms with Crippen molar-refractivity contribution in [1.29, 1.82) is 0 Å². The Kier molecular flexibility index (Phi) is 4.45. The van der Waals surface area contributed by atoms with Gasteiger partial charge in [0.25, 0.3) is 0 Å².